The standard InChI is InChI=1S/C28H32N2O5/c1-27(25(32)33)14-8-9-17-30(27)24(31)28(15-6-7-16-28)29-26(34)35-18-23-21-12-4-2-10-19(21)20-11-3-5-13-22(20)23/h2-5,10-13,23H,6-9,14-18H2,1H3,(H,29,34)(H,32,33). The zero-order valence-corrected chi connectivity index (χ0v) is 20.1. The molecule has 7 heteroatoms. The number of benzene rings is 2. The van der Waals surface area contributed by atoms with E-state index in [0.29, 0.717) is 25.8 Å². The Kier molecular flexibility index (Phi) is 6.03. The van der Waals surface area contributed by atoms with E-state index in [1.807, 2.05) is 24.3 Å². The summed E-state index contributed by atoms with van der Waals surface area (Å²) in [5.74, 6) is -1.37. The number of aliphatic carboxylic acids is 1. The van der Waals surface area contributed by atoms with Crippen molar-refractivity contribution in [3.63, 3.8) is 0 Å². The van der Waals surface area contributed by atoms with Gasteiger partial charge in [-0.05, 0) is 61.3 Å². The summed E-state index contributed by atoms with van der Waals surface area (Å²) < 4.78 is 5.73. The molecule has 2 aliphatic carbocycles. The van der Waals surface area contributed by atoms with Crippen molar-refractivity contribution in [3.05, 3.63) is 59.7 Å². The SMILES string of the molecule is CC1(C(=O)O)CCCCN1C(=O)C1(NC(=O)OCC2c3ccccc3-c3ccccc32)CCCC1. The van der Waals surface area contributed by atoms with Crippen molar-refractivity contribution in [1.29, 1.82) is 0 Å². The predicted molar refractivity (Wildman–Crippen MR) is 131 cm³/mol. The molecule has 35 heavy (non-hydrogen) atoms. The molecule has 3 aliphatic rings. The van der Waals surface area contributed by atoms with E-state index >= 15 is 0 Å². The van der Waals surface area contributed by atoms with Gasteiger partial charge in [-0.3, -0.25) is 4.79 Å². The Labute approximate surface area is 205 Å². The van der Waals surface area contributed by atoms with Gasteiger partial charge < -0.3 is 20.1 Å². The van der Waals surface area contributed by atoms with Crippen LogP contribution in [0.3, 0.4) is 0 Å². The third-order valence-electron chi connectivity index (χ3n) is 8.15. The molecule has 1 aliphatic heterocycles. The molecule has 2 amide bonds. The number of likely N-dealkylation sites (tertiary alicyclic amines) is 1. The summed E-state index contributed by atoms with van der Waals surface area (Å²) in [5, 5.41) is 12.8. The third-order valence-corrected chi connectivity index (χ3v) is 8.15. The lowest BCUT2D eigenvalue weighted by molar-refractivity contribution is -0.164. The molecule has 0 spiro atoms. The first-order chi connectivity index (χ1) is 16.9. The lowest BCUT2D eigenvalue weighted by Gasteiger charge is -2.45. The molecule has 1 saturated heterocycles. The number of nitrogens with one attached hydrogen (secondary N) is 1. The molecule has 1 atom stereocenters. The maximum atomic E-state index is 13.8. The van der Waals surface area contributed by atoms with Gasteiger partial charge in [0.05, 0.1) is 0 Å². The van der Waals surface area contributed by atoms with Gasteiger partial charge in [0.25, 0.3) is 0 Å². The second kappa shape index (κ2) is 9.02. The van der Waals surface area contributed by atoms with Crippen molar-refractivity contribution in [2.75, 3.05) is 13.2 Å². The molecule has 184 valence electrons. The third kappa shape index (κ3) is 3.97. The van der Waals surface area contributed by atoms with Crippen LogP contribution in [-0.2, 0) is 14.3 Å². The molecule has 2 fully saturated rings. The number of carbonyl (C=O) groups excluding carboxylic acids is 2. The number of carboxylic acids is 1. The Morgan fingerprint density at radius 1 is 0.943 bits per heavy atom. The van der Waals surface area contributed by atoms with E-state index in [1.54, 1.807) is 6.92 Å². The molecule has 2 aromatic rings. The Morgan fingerprint density at radius 2 is 1.51 bits per heavy atom. The van der Waals surface area contributed by atoms with Crippen LogP contribution in [0.25, 0.3) is 11.1 Å². The van der Waals surface area contributed by atoms with E-state index in [1.165, 1.54) is 4.90 Å². The molecule has 5 rings (SSSR count). The van der Waals surface area contributed by atoms with E-state index in [0.717, 1.165) is 47.9 Å². The van der Waals surface area contributed by atoms with Gasteiger partial charge in [0.2, 0.25) is 5.91 Å². The van der Waals surface area contributed by atoms with Crippen LogP contribution in [0.4, 0.5) is 4.79 Å². The first-order valence-electron chi connectivity index (χ1n) is 12.5. The van der Waals surface area contributed by atoms with E-state index < -0.39 is 23.1 Å². The molecule has 1 unspecified atom stereocenters. The summed E-state index contributed by atoms with van der Waals surface area (Å²) in [6, 6.07) is 16.3. The molecular formula is C28H32N2O5. The lowest BCUT2D eigenvalue weighted by atomic mass is 9.85. The number of hydrogen-bond acceptors (Lipinski definition) is 4. The minimum Gasteiger partial charge on any atom is -0.480 e. The zero-order chi connectivity index (χ0) is 24.6. The molecular weight excluding hydrogens is 444 g/mol. The largest absolute Gasteiger partial charge is 0.480 e. The van der Waals surface area contributed by atoms with Gasteiger partial charge in [0.1, 0.15) is 17.7 Å². The second-order valence-corrected chi connectivity index (χ2v) is 10.2. The Morgan fingerprint density at radius 3 is 2.11 bits per heavy atom. The molecule has 1 saturated carbocycles. The number of carbonyl (C=O) groups is 3. The number of nitrogens with zero attached hydrogens (tertiary/aromatic N) is 1. The highest BCUT2D eigenvalue weighted by Crippen LogP contribution is 2.44. The van der Waals surface area contributed by atoms with Gasteiger partial charge in [0, 0.05) is 12.5 Å². The predicted octanol–water partition coefficient (Wildman–Crippen LogP) is 4.69. The Balaban J connectivity index is 1.32. The number of alkyl carbamates (subject to hydrolysis) is 1. The molecule has 2 aromatic carbocycles. The fraction of sp³-hybridized carbons (Fsp3) is 0.464. The number of hydrogen-bond donors (Lipinski definition) is 2. The average Bonchev–Trinajstić information content (AvgIpc) is 3.46. The van der Waals surface area contributed by atoms with Gasteiger partial charge in [-0.1, -0.05) is 61.4 Å². The van der Waals surface area contributed by atoms with E-state index in [-0.39, 0.29) is 18.4 Å². The topological polar surface area (TPSA) is 95.9 Å². The summed E-state index contributed by atoms with van der Waals surface area (Å²) in [6.45, 7) is 2.17. The van der Waals surface area contributed by atoms with E-state index in [9.17, 15) is 19.5 Å². The molecule has 7 nitrogen and oxygen atoms in total. The quantitative estimate of drug-likeness (QED) is 0.653. The number of ether oxygens (including phenoxy) is 1. The minimum atomic E-state index is -1.26. The van der Waals surface area contributed by atoms with Crippen LogP contribution in [0.5, 0.6) is 0 Å². The van der Waals surface area contributed by atoms with Gasteiger partial charge in [-0.25, -0.2) is 9.59 Å². The van der Waals surface area contributed by atoms with Crippen LogP contribution in [0, 0.1) is 0 Å². The first-order valence-corrected chi connectivity index (χ1v) is 12.5. The molecule has 0 bridgehead atoms. The normalized spacial score (nSPS) is 22.8. The average molecular weight is 477 g/mol. The van der Waals surface area contributed by atoms with Crippen LogP contribution in [0.2, 0.25) is 0 Å². The van der Waals surface area contributed by atoms with Gasteiger partial charge in [-0.2, -0.15) is 0 Å². The maximum absolute atomic E-state index is 13.8. The minimum absolute atomic E-state index is 0.0687. The zero-order valence-electron chi connectivity index (χ0n) is 20.1. The fourth-order valence-corrected chi connectivity index (χ4v) is 6.13. The molecule has 1 heterocycles. The highest BCUT2D eigenvalue weighted by Gasteiger charge is 2.52. The molecule has 2 N–H and O–H groups in total. The highest BCUT2D eigenvalue weighted by atomic mass is 16.5. The molecule has 0 aromatic heterocycles. The van der Waals surface area contributed by atoms with Gasteiger partial charge in [0.15, 0.2) is 0 Å². The summed E-state index contributed by atoms with van der Waals surface area (Å²) in [4.78, 5) is 40.4. The summed E-state index contributed by atoms with van der Waals surface area (Å²) >= 11 is 0. The first kappa shape index (κ1) is 23.4. The smallest absolute Gasteiger partial charge is 0.408 e. The summed E-state index contributed by atoms with van der Waals surface area (Å²) in [7, 11) is 0. The van der Waals surface area contributed by atoms with Crippen molar-refractivity contribution >= 4 is 18.0 Å². The van der Waals surface area contributed by atoms with Gasteiger partial charge >= 0.3 is 12.1 Å². The van der Waals surface area contributed by atoms with Gasteiger partial charge in [-0.15, -0.1) is 0 Å². The van der Waals surface area contributed by atoms with Crippen LogP contribution < -0.4 is 5.32 Å². The number of fused-ring (bicyclic) bond motifs is 3. The number of amides is 2. The van der Waals surface area contributed by atoms with Crippen LogP contribution in [-0.4, -0.2) is 52.2 Å². The second-order valence-electron chi connectivity index (χ2n) is 10.2. The van der Waals surface area contributed by atoms with Crippen LogP contribution in [0.1, 0.15) is 68.9 Å². The number of rotatable bonds is 5. The highest BCUT2D eigenvalue weighted by molar-refractivity contribution is 5.94. The van der Waals surface area contributed by atoms with Crippen molar-refractivity contribution in [2.45, 2.75) is 68.9 Å². The van der Waals surface area contributed by atoms with Crippen LogP contribution in [0.15, 0.2) is 48.5 Å². The Hall–Kier alpha value is -3.35. The van der Waals surface area contributed by atoms with Crippen LogP contribution >= 0.6 is 0 Å². The summed E-state index contributed by atoms with van der Waals surface area (Å²) in [5.41, 5.74) is 2.18. The number of carboxylic acid groups (broad SMARTS) is 1. The monoisotopic (exact) mass is 476 g/mol. The summed E-state index contributed by atoms with van der Waals surface area (Å²) in [6.07, 6.45) is 3.88. The maximum Gasteiger partial charge on any atom is 0.408 e. The van der Waals surface area contributed by atoms with Crippen molar-refractivity contribution in [2.24, 2.45) is 0 Å². The van der Waals surface area contributed by atoms with E-state index in [4.69, 9.17) is 4.74 Å². The van der Waals surface area contributed by atoms with Crippen molar-refractivity contribution in [1.82, 2.24) is 10.2 Å². The lowest BCUT2D eigenvalue weighted by Crippen LogP contribution is -2.66. The molecule has 0 radical (unpaired) electrons. The van der Waals surface area contributed by atoms with Crippen molar-refractivity contribution in [3.8, 4) is 11.1 Å². The number of piperidine rings is 1. The Bertz CT molecular complexity index is 1110. The van der Waals surface area contributed by atoms with E-state index in [2.05, 4.69) is 29.6 Å². The van der Waals surface area contributed by atoms with Crippen molar-refractivity contribution < 1.29 is 24.2 Å². The fourth-order valence-electron chi connectivity index (χ4n) is 6.13.